The second-order valence-electron chi connectivity index (χ2n) is 6.16. The van der Waals surface area contributed by atoms with E-state index in [2.05, 4.69) is 0 Å². The number of halogens is 2. The molecule has 8 heteroatoms. The average Bonchev–Trinajstić information content (AvgIpc) is 3.13. The van der Waals surface area contributed by atoms with Gasteiger partial charge in [-0.1, -0.05) is 23.2 Å². The van der Waals surface area contributed by atoms with Crippen molar-refractivity contribution in [3.63, 3.8) is 0 Å². The topological polar surface area (TPSA) is 99.4 Å². The third kappa shape index (κ3) is 3.65. The van der Waals surface area contributed by atoms with E-state index in [4.69, 9.17) is 32.7 Å². The minimum absolute atomic E-state index is 0.0779. The molecule has 144 valence electrons. The molecule has 0 radical (unpaired) electrons. The maximum atomic E-state index is 12.3. The van der Waals surface area contributed by atoms with E-state index >= 15 is 0 Å². The molecule has 0 aliphatic heterocycles. The Morgan fingerprint density at radius 2 is 2.00 bits per heavy atom. The summed E-state index contributed by atoms with van der Waals surface area (Å²) >= 11 is 12.2. The van der Waals surface area contributed by atoms with Crippen molar-refractivity contribution >= 4 is 23.2 Å². The first-order valence-electron chi connectivity index (χ1n) is 8.37. The van der Waals surface area contributed by atoms with Gasteiger partial charge in [-0.15, -0.1) is 0 Å². The van der Waals surface area contributed by atoms with Crippen molar-refractivity contribution < 1.29 is 14.6 Å². The van der Waals surface area contributed by atoms with E-state index in [1.165, 1.54) is 0 Å². The minimum Gasteiger partial charge on any atom is -0.494 e. The molecule has 6 nitrogen and oxygen atoms in total. The molecule has 0 unspecified atom stereocenters. The first-order valence-corrected chi connectivity index (χ1v) is 9.13. The summed E-state index contributed by atoms with van der Waals surface area (Å²) in [5.74, 6) is 0.709. The molecule has 0 atom stereocenters. The molecule has 2 heterocycles. The molecule has 28 heavy (non-hydrogen) atoms. The summed E-state index contributed by atoms with van der Waals surface area (Å²) < 4.78 is 6.83. The highest BCUT2D eigenvalue weighted by atomic mass is 35.5. The zero-order valence-electron chi connectivity index (χ0n) is 14.9. The van der Waals surface area contributed by atoms with Crippen LogP contribution in [0.15, 0.2) is 39.5 Å². The van der Waals surface area contributed by atoms with Gasteiger partial charge in [0.05, 0.1) is 18.2 Å². The molecule has 0 bridgehead atoms. The maximum absolute atomic E-state index is 12.3. The van der Waals surface area contributed by atoms with Gasteiger partial charge in [-0.05, 0) is 42.8 Å². The Labute approximate surface area is 170 Å². The van der Waals surface area contributed by atoms with Crippen LogP contribution in [0.3, 0.4) is 0 Å². The van der Waals surface area contributed by atoms with Gasteiger partial charge in [0.2, 0.25) is 0 Å². The number of nitrogens with zero attached hydrogens (tertiary/aromatic N) is 2. The molecular weight excluding hydrogens is 403 g/mol. The van der Waals surface area contributed by atoms with Crippen molar-refractivity contribution in [2.24, 2.45) is 0 Å². The molecule has 3 aromatic rings. The van der Waals surface area contributed by atoms with Gasteiger partial charge < -0.3 is 14.6 Å². The van der Waals surface area contributed by atoms with Gasteiger partial charge in [-0.2, -0.15) is 5.26 Å². The molecule has 0 spiro atoms. The van der Waals surface area contributed by atoms with Gasteiger partial charge in [0.1, 0.15) is 23.2 Å². The van der Waals surface area contributed by atoms with Crippen molar-refractivity contribution in [1.82, 2.24) is 4.57 Å². The summed E-state index contributed by atoms with van der Waals surface area (Å²) in [5, 5.41) is 30.0. The molecule has 0 aliphatic carbocycles. The Morgan fingerprint density at radius 3 is 2.68 bits per heavy atom. The predicted molar refractivity (Wildman–Crippen MR) is 106 cm³/mol. The summed E-state index contributed by atoms with van der Waals surface area (Å²) in [4.78, 5) is 12.3. The molecular formula is C20H16Cl2N2O4. The van der Waals surface area contributed by atoms with Crippen molar-refractivity contribution in [3.05, 3.63) is 73.2 Å². The number of pyridine rings is 1. The number of rotatable bonds is 5. The third-order valence-corrected chi connectivity index (χ3v) is 5.02. The van der Waals surface area contributed by atoms with Gasteiger partial charge in [0, 0.05) is 22.6 Å². The standard InChI is InChI=1S/C20H16Cl2N2O4/c1-11-14(19(26)24(6-7-25)20(27)16(11)10-23)9-13-3-5-18(28-13)15-8-12(21)2-4-17(15)22/h2-5,8,25-26H,6-7,9H2,1H3. The second kappa shape index (κ2) is 8.11. The molecule has 0 amide bonds. The number of aromatic nitrogens is 1. The Bertz CT molecular complexity index is 1140. The summed E-state index contributed by atoms with van der Waals surface area (Å²) in [5.41, 5.74) is 0.664. The molecule has 2 aromatic heterocycles. The van der Waals surface area contributed by atoms with Crippen molar-refractivity contribution in [2.75, 3.05) is 6.61 Å². The molecule has 3 rings (SSSR count). The third-order valence-electron chi connectivity index (χ3n) is 4.45. The Kier molecular flexibility index (Phi) is 5.80. The highest BCUT2D eigenvalue weighted by Crippen LogP contribution is 2.33. The van der Waals surface area contributed by atoms with Crippen LogP contribution in [0.4, 0.5) is 0 Å². The van der Waals surface area contributed by atoms with E-state index in [1.54, 1.807) is 37.3 Å². The van der Waals surface area contributed by atoms with Crippen molar-refractivity contribution in [1.29, 1.82) is 5.26 Å². The van der Waals surface area contributed by atoms with Gasteiger partial charge >= 0.3 is 0 Å². The van der Waals surface area contributed by atoms with E-state index in [9.17, 15) is 15.2 Å². The first-order chi connectivity index (χ1) is 13.4. The zero-order valence-corrected chi connectivity index (χ0v) is 16.4. The number of hydrogen-bond donors (Lipinski definition) is 2. The highest BCUT2D eigenvalue weighted by Gasteiger charge is 2.20. The SMILES string of the molecule is Cc1c(Cc2ccc(-c3cc(Cl)ccc3Cl)o2)c(O)n(CCO)c(=O)c1C#N. The molecule has 1 aromatic carbocycles. The number of benzene rings is 1. The van der Waals surface area contributed by atoms with Crippen molar-refractivity contribution in [3.8, 4) is 23.3 Å². The number of furan rings is 1. The highest BCUT2D eigenvalue weighted by molar-refractivity contribution is 6.35. The largest absolute Gasteiger partial charge is 0.494 e. The monoisotopic (exact) mass is 418 g/mol. The van der Waals surface area contributed by atoms with Crippen LogP contribution in [0.1, 0.15) is 22.5 Å². The second-order valence-corrected chi connectivity index (χ2v) is 7.00. The molecule has 0 aliphatic rings. The Balaban J connectivity index is 2.05. The maximum Gasteiger partial charge on any atom is 0.271 e. The number of aliphatic hydroxyl groups is 1. The molecule has 0 saturated heterocycles. The van der Waals surface area contributed by atoms with Gasteiger partial charge in [-0.3, -0.25) is 9.36 Å². The van der Waals surface area contributed by atoms with Crippen LogP contribution < -0.4 is 5.56 Å². The van der Waals surface area contributed by atoms with E-state index in [-0.39, 0.29) is 31.0 Å². The molecule has 0 fully saturated rings. The van der Waals surface area contributed by atoms with Gasteiger partial charge in [0.15, 0.2) is 5.88 Å². The Morgan fingerprint density at radius 1 is 1.25 bits per heavy atom. The van der Waals surface area contributed by atoms with Crippen LogP contribution in [0.2, 0.25) is 10.0 Å². The lowest BCUT2D eigenvalue weighted by Crippen LogP contribution is -2.26. The normalized spacial score (nSPS) is 10.8. The van der Waals surface area contributed by atoms with Crippen molar-refractivity contribution in [2.45, 2.75) is 19.9 Å². The summed E-state index contributed by atoms with van der Waals surface area (Å²) in [6, 6.07) is 10.3. The predicted octanol–water partition coefficient (Wildman–Crippen LogP) is 3.88. The van der Waals surface area contributed by atoms with Gasteiger partial charge in [-0.25, -0.2) is 0 Å². The average molecular weight is 419 g/mol. The van der Waals surface area contributed by atoms with Crippen LogP contribution in [-0.4, -0.2) is 21.4 Å². The minimum atomic E-state index is -0.638. The Hall–Kier alpha value is -2.72. The fraction of sp³-hybridized carbons (Fsp3) is 0.200. The summed E-state index contributed by atoms with van der Waals surface area (Å²) in [6.07, 6.45) is 0.149. The number of nitriles is 1. The molecule has 0 saturated carbocycles. The van der Waals surface area contributed by atoms with Crippen LogP contribution >= 0.6 is 23.2 Å². The van der Waals surface area contributed by atoms with Crippen LogP contribution in [0.5, 0.6) is 5.88 Å². The van der Waals surface area contributed by atoms with Crippen LogP contribution in [-0.2, 0) is 13.0 Å². The lowest BCUT2D eigenvalue weighted by molar-refractivity contribution is 0.263. The van der Waals surface area contributed by atoms with E-state index in [0.717, 1.165) is 4.57 Å². The summed E-state index contributed by atoms with van der Waals surface area (Å²) in [7, 11) is 0. The first kappa shape index (κ1) is 20.0. The molecule has 2 N–H and O–H groups in total. The van der Waals surface area contributed by atoms with E-state index in [0.29, 0.717) is 38.3 Å². The van der Waals surface area contributed by atoms with E-state index in [1.807, 2.05) is 6.07 Å². The fourth-order valence-corrected chi connectivity index (χ4v) is 3.38. The van der Waals surface area contributed by atoms with Gasteiger partial charge in [0.25, 0.3) is 5.56 Å². The number of aromatic hydroxyl groups is 1. The number of aliphatic hydroxyl groups excluding tert-OH is 1. The zero-order chi connectivity index (χ0) is 20.4. The fourth-order valence-electron chi connectivity index (χ4n) is 3.00. The number of hydrogen-bond acceptors (Lipinski definition) is 5. The summed E-state index contributed by atoms with van der Waals surface area (Å²) in [6.45, 7) is 1.13. The van der Waals surface area contributed by atoms with Crippen LogP contribution in [0.25, 0.3) is 11.3 Å². The quantitative estimate of drug-likeness (QED) is 0.654. The lowest BCUT2D eigenvalue weighted by atomic mass is 10.0. The van der Waals surface area contributed by atoms with Crippen LogP contribution in [0, 0.1) is 18.3 Å². The van der Waals surface area contributed by atoms with E-state index < -0.39 is 5.56 Å². The lowest BCUT2D eigenvalue weighted by Gasteiger charge is -2.14. The smallest absolute Gasteiger partial charge is 0.271 e.